The summed E-state index contributed by atoms with van der Waals surface area (Å²) >= 11 is 0. The first-order valence-electron chi connectivity index (χ1n) is 6.13. The van der Waals surface area contributed by atoms with Gasteiger partial charge in [0.25, 0.3) is 0 Å². The molecule has 2 unspecified atom stereocenters. The number of aliphatic hydroxyl groups excluding tert-OH is 1. The largest absolute Gasteiger partial charge is 0.491 e. The summed E-state index contributed by atoms with van der Waals surface area (Å²) in [6, 6.07) is 8.98. The first-order chi connectivity index (χ1) is 9.15. The molecule has 1 aromatic rings. The second kappa shape index (κ2) is 8.16. The van der Waals surface area contributed by atoms with Crippen LogP contribution < -0.4 is 10.1 Å². The number of rotatable bonds is 7. The Morgan fingerprint density at radius 2 is 2.11 bits per heavy atom. The Labute approximate surface area is 114 Å². The summed E-state index contributed by atoms with van der Waals surface area (Å²) in [6.07, 6.45) is 5.22. The Hall–Kier alpha value is -2.01. The van der Waals surface area contributed by atoms with Crippen molar-refractivity contribution in [2.45, 2.75) is 25.5 Å². The van der Waals surface area contributed by atoms with E-state index in [9.17, 15) is 5.11 Å². The zero-order chi connectivity index (χ0) is 14.1. The fourth-order valence-electron chi connectivity index (χ4n) is 1.46. The average molecular weight is 258 g/mol. The molecule has 0 aliphatic carbocycles. The molecule has 0 amide bonds. The Balaban J connectivity index is 2.28. The SMILES string of the molecule is C#CCC(C)NCC(O)COc1ccc(C#N)cc1. The van der Waals surface area contributed by atoms with Crippen LogP contribution in [0.1, 0.15) is 18.9 Å². The van der Waals surface area contributed by atoms with Gasteiger partial charge >= 0.3 is 0 Å². The predicted molar refractivity (Wildman–Crippen MR) is 73.6 cm³/mol. The summed E-state index contributed by atoms with van der Waals surface area (Å²) in [5.74, 6) is 3.19. The highest BCUT2D eigenvalue weighted by atomic mass is 16.5. The number of hydrogen-bond acceptors (Lipinski definition) is 4. The fraction of sp³-hybridized carbons (Fsp3) is 0.400. The predicted octanol–water partition coefficient (Wildman–Crippen LogP) is 1.30. The van der Waals surface area contributed by atoms with Crippen LogP contribution in [-0.4, -0.2) is 30.4 Å². The number of nitrogens with zero attached hydrogens (tertiary/aromatic N) is 1. The molecule has 0 fully saturated rings. The molecule has 0 aliphatic rings. The lowest BCUT2D eigenvalue weighted by Crippen LogP contribution is -2.36. The average Bonchev–Trinajstić information content (AvgIpc) is 2.44. The van der Waals surface area contributed by atoms with Crippen LogP contribution in [0, 0.1) is 23.7 Å². The first kappa shape index (κ1) is 15.0. The molecule has 19 heavy (non-hydrogen) atoms. The fourth-order valence-corrected chi connectivity index (χ4v) is 1.46. The summed E-state index contributed by atoms with van der Waals surface area (Å²) in [7, 11) is 0. The smallest absolute Gasteiger partial charge is 0.119 e. The van der Waals surface area contributed by atoms with Gasteiger partial charge in [0.15, 0.2) is 0 Å². The Morgan fingerprint density at radius 1 is 1.42 bits per heavy atom. The lowest BCUT2D eigenvalue weighted by Gasteiger charge is -2.16. The first-order valence-corrected chi connectivity index (χ1v) is 6.13. The van der Waals surface area contributed by atoms with Crippen LogP contribution in [-0.2, 0) is 0 Å². The van der Waals surface area contributed by atoms with Crippen molar-refractivity contribution in [1.29, 1.82) is 5.26 Å². The van der Waals surface area contributed by atoms with Crippen molar-refractivity contribution in [3.05, 3.63) is 29.8 Å². The normalized spacial score (nSPS) is 13.1. The second-order valence-corrected chi connectivity index (χ2v) is 4.32. The monoisotopic (exact) mass is 258 g/mol. The van der Waals surface area contributed by atoms with Gasteiger partial charge in [-0.05, 0) is 31.2 Å². The van der Waals surface area contributed by atoms with Crippen LogP contribution in [0.15, 0.2) is 24.3 Å². The zero-order valence-corrected chi connectivity index (χ0v) is 11.0. The summed E-state index contributed by atoms with van der Waals surface area (Å²) < 4.78 is 5.42. The molecule has 4 nitrogen and oxygen atoms in total. The van der Waals surface area contributed by atoms with E-state index < -0.39 is 6.10 Å². The van der Waals surface area contributed by atoms with Gasteiger partial charge in [-0.1, -0.05) is 0 Å². The zero-order valence-electron chi connectivity index (χ0n) is 11.0. The number of ether oxygens (including phenoxy) is 1. The second-order valence-electron chi connectivity index (χ2n) is 4.32. The molecule has 0 spiro atoms. The van der Waals surface area contributed by atoms with Crippen molar-refractivity contribution < 1.29 is 9.84 Å². The number of nitriles is 1. The van der Waals surface area contributed by atoms with Crippen molar-refractivity contribution in [3.63, 3.8) is 0 Å². The lowest BCUT2D eigenvalue weighted by molar-refractivity contribution is 0.104. The quantitative estimate of drug-likeness (QED) is 0.723. The van der Waals surface area contributed by atoms with Gasteiger partial charge in [0, 0.05) is 19.0 Å². The molecule has 0 heterocycles. The van der Waals surface area contributed by atoms with Gasteiger partial charge in [-0.2, -0.15) is 5.26 Å². The number of nitrogens with one attached hydrogen (secondary N) is 1. The molecule has 2 atom stereocenters. The minimum Gasteiger partial charge on any atom is -0.491 e. The lowest BCUT2D eigenvalue weighted by atomic mass is 10.2. The third-order valence-corrected chi connectivity index (χ3v) is 2.55. The highest BCUT2D eigenvalue weighted by molar-refractivity contribution is 5.34. The van der Waals surface area contributed by atoms with Crippen molar-refractivity contribution in [2.24, 2.45) is 0 Å². The van der Waals surface area contributed by atoms with Gasteiger partial charge in [-0.3, -0.25) is 0 Å². The Kier molecular flexibility index (Phi) is 6.46. The number of hydrogen-bond donors (Lipinski definition) is 2. The van der Waals surface area contributed by atoms with Crippen LogP contribution >= 0.6 is 0 Å². The maximum absolute atomic E-state index is 9.74. The summed E-state index contributed by atoms with van der Waals surface area (Å²) in [5, 5.41) is 21.5. The molecular formula is C15H18N2O2. The van der Waals surface area contributed by atoms with Crippen molar-refractivity contribution in [3.8, 4) is 24.2 Å². The van der Waals surface area contributed by atoms with Gasteiger partial charge in [-0.25, -0.2) is 0 Å². The molecular weight excluding hydrogens is 240 g/mol. The van der Waals surface area contributed by atoms with Gasteiger partial charge in [-0.15, -0.1) is 12.3 Å². The van der Waals surface area contributed by atoms with E-state index in [0.29, 0.717) is 24.3 Å². The molecule has 0 bridgehead atoms. The van der Waals surface area contributed by atoms with Crippen molar-refractivity contribution in [1.82, 2.24) is 5.32 Å². The summed E-state index contributed by atoms with van der Waals surface area (Å²) in [5.41, 5.74) is 0.581. The van der Waals surface area contributed by atoms with E-state index in [-0.39, 0.29) is 12.6 Å². The molecule has 1 aromatic carbocycles. The molecule has 1 rings (SSSR count). The van der Waals surface area contributed by atoms with E-state index in [4.69, 9.17) is 16.4 Å². The minimum atomic E-state index is -0.601. The number of terminal acetylenes is 1. The van der Waals surface area contributed by atoms with Crippen LogP contribution in [0.25, 0.3) is 0 Å². The van der Waals surface area contributed by atoms with E-state index >= 15 is 0 Å². The molecule has 0 radical (unpaired) electrons. The van der Waals surface area contributed by atoms with Crippen LogP contribution in [0.5, 0.6) is 5.75 Å². The van der Waals surface area contributed by atoms with Crippen LogP contribution in [0.3, 0.4) is 0 Å². The molecule has 2 N–H and O–H groups in total. The van der Waals surface area contributed by atoms with E-state index in [1.807, 2.05) is 13.0 Å². The van der Waals surface area contributed by atoms with Gasteiger partial charge in [0.1, 0.15) is 18.5 Å². The van der Waals surface area contributed by atoms with Crippen LogP contribution in [0.2, 0.25) is 0 Å². The van der Waals surface area contributed by atoms with Crippen molar-refractivity contribution in [2.75, 3.05) is 13.2 Å². The molecule has 0 saturated heterocycles. The molecule has 0 saturated carbocycles. The maximum Gasteiger partial charge on any atom is 0.119 e. The Bertz CT molecular complexity index is 457. The highest BCUT2D eigenvalue weighted by Crippen LogP contribution is 2.11. The molecule has 4 heteroatoms. The topological polar surface area (TPSA) is 65.3 Å². The maximum atomic E-state index is 9.74. The van der Waals surface area contributed by atoms with E-state index in [1.54, 1.807) is 24.3 Å². The highest BCUT2D eigenvalue weighted by Gasteiger charge is 2.07. The number of aliphatic hydroxyl groups is 1. The van der Waals surface area contributed by atoms with Gasteiger partial charge in [0.2, 0.25) is 0 Å². The summed E-state index contributed by atoms with van der Waals surface area (Å²) in [6.45, 7) is 2.59. The number of benzene rings is 1. The summed E-state index contributed by atoms with van der Waals surface area (Å²) in [4.78, 5) is 0. The van der Waals surface area contributed by atoms with Crippen molar-refractivity contribution >= 4 is 0 Å². The van der Waals surface area contributed by atoms with E-state index in [2.05, 4.69) is 11.2 Å². The van der Waals surface area contributed by atoms with E-state index in [0.717, 1.165) is 0 Å². The standard InChI is InChI=1S/C15H18N2O2/c1-3-4-12(2)17-10-14(18)11-19-15-7-5-13(9-16)6-8-15/h1,5-8,12,14,17-18H,4,10-11H2,2H3. The van der Waals surface area contributed by atoms with Gasteiger partial charge in [0.05, 0.1) is 11.6 Å². The third kappa shape index (κ3) is 5.92. The minimum absolute atomic E-state index is 0.176. The molecule has 100 valence electrons. The van der Waals surface area contributed by atoms with Gasteiger partial charge < -0.3 is 15.2 Å². The van der Waals surface area contributed by atoms with Crippen LogP contribution in [0.4, 0.5) is 0 Å². The van der Waals surface area contributed by atoms with E-state index in [1.165, 1.54) is 0 Å². The molecule has 0 aliphatic heterocycles. The third-order valence-electron chi connectivity index (χ3n) is 2.55. The Morgan fingerprint density at radius 3 is 2.68 bits per heavy atom. The molecule has 0 aromatic heterocycles.